The van der Waals surface area contributed by atoms with Gasteiger partial charge in [0.05, 0.1) is 23.5 Å². The number of alkyl halides is 1. The smallest absolute Gasteiger partial charge is 0.166 e. The summed E-state index contributed by atoms with van der Waals surface area (Å²) in [4.78, 5) is 6.67. The second-order valence-electron chi connectivity index (χ2n) is 6.99. The zero-order valence-electron chi connectivity index (χ0n) is 17.0. The number of rotatable bonds is 7. The van der Waals surface area contributed by atoms with E-state index in [0.717, 1.165) is 11.3 Å². The van der Waals surface area contributed by atoms with Crippen LogP contribution >= 0.6 is 0 Å². The third-order valence-electron chi connectivity index (χ3n) is 5.04. The molecule has 9 heteroatoms. The van der Waals surface area contributed by atoms with Crippen molar-refractivity contribution >= 4 is 11.5 Å². The van der Waals surface area contributed by atoms with E-state index in [-0.39, 0.29) is 18.5 Å². The predicted octanol–water partition coefficient (Wildman–Crippen LogP) is 3.81. The molecule has 0 fully saturated rings. The van der Waals surface area contributed by atoms with Gasteiger partial charge in [0, 0.05) is 32.1 Å². The SMILES string of the molecule is CC(c1cc(F)ccc1OCCF)N(C)c1ccn2ncc(-c3ccn(C)n3)c2n1. The van der Waals surface area contributed by atoms with E-state index in [1.165, 1.54) is 18.2 Å². The van der Waals surface area contributed by atoms with Gasteiger partial charge in [0.1, 0.15) is 30.7 Å². The number of hydrogen-bond acceptors (Lipinski definition) is 5. The molecule has 7 nitrogen and oxygen atoms in total. The molecule has 4 rings (SSSR count). The lowest BCUT2D eigenvalue weighted by Crippen LogP contribution is -2.23. The third-order valence-corrected chi connectivity index (χ3v) is 5.04. The van der Waals surface area contributed by atoms with Crippen LogP contribution in [0.1, 0.15) is 18.5 Å². The molecular formula is C21H22F2N6O. The summed E-state index contributed by atoms with van der Waals surface area (Å²) in [5, 5.41) is 8.78. The Morgan fingerprint density at radius 3 is 2.77 bits per heavy atom. The number of halogens is 2. The molecular weight excluding hydrogens is 390 g/mol. The van der Waals surface area contributed by atoms with Crippen LogP contribution in [0.2, 0.25) is 0 Å². The number of anilines is 1. The minimum Gasteiger partial charge on any atom is -0.490 e. The molecule has 0 aliphatic heterocycles. The summed E-state index contributed by atoms with van der Waals surface area (Å²) in [6.07, 6.45) is 5.41. The lowest BCUT2D eigenvalue weighted by atomic mass is 10.1. The number of fused-ring (bicyclic) bond motifs is 1. The van der Waals surface area contributed by atoms with Crippen LogP contribution in [0.15, 0.2) is 48.9 Å². The van der Waals surface area contributed by atoms with Gasteiger partial charge in [-0.05, 0) is 37.3 Å². The molecule has 0 aliphatic carbocycles. The minimum atomic E-state index is -0.614. The van der Waals surface area contributed by atoms with E-state index >= 15 is 0 Å². The predicted molar refractivity (Wildman–Crippen MR) is 110 cm³/mol. The number of nitrogens with zero attached hydrogens (tertiary/aromatic N) is 6. The molecule has 4 aromatic rings. The molecule has 0 bridgehead atoms. The second-order valence-corrected chi connectivity index (χ2v) is 6.99. The second kappa shape index (κ2) is 8.10. The van der Waals surface area contributed by atoms with Crippen molar-refractivity contribution in [1.82, 2.24) is 24.4 Å². The van der Waals surface area contributed by atoms with Crippen molar-refractivity contribution in [2.75, 3.05) is 25.2 Å². The lowest BCUT2D eigenvalue weighted by molar-refractivity contribution is 0.269. The van der Waals surface area contributed by atoms with Gasteiger partial charge in [0.15, 0.2) is 5.65 Å². The summed E-state index contributed by atoms with van der Waals surface area (Å²) >= 11 is 0. The number of aryl methyl sites for hydroxylation is 1. The molecule has 30 heavy (non-hydrogen) atoms. The van der Waals surface area contributed by atoms with Gasteiger partial charge in [0.25, 0.3) is 0 Å². The first-order valence-corrected chi connectivity index (χ1v) is 9.53. The van der Waals surface area contributed by atoms with Crippen molar-refractivity contribution < 1.29 is 13.5 Å². The van der Waals surface area contributed by atoms with Crippen molar-refractivity contribution in [3.63, 3.8) is 0 Å². The van der Waals surface area contributed by atoms with Gasteiger partial charge in [-0.1, -0.05) is 0 Å². The number of benzene rings is 1. The molecule has 0 N–H and O–H groups in total. The van der Waals surface area contributed by atoms with Gasteiger partial charge >= 0.3 is 0 Å². The summed E-state index contributed by atoms with van der Waals surface area (Å²) in [7, 11) is 3.72. The van der Waals surface area contributed by atoms with E-state index in [1.807, 2.05) is 50.4 Å². The van der Waals surface area contributed by atoms with Crippen LogP contribution in [0, 0.1) is 5.82 Å². The highest BCUT2D eigenvalue weighted by Crippen LogP contribution is 2.32. The number of aromatic nitrogens is 5. The number of hydrogen-bond donors (Lipinski definition) is 0. The standard InChI is InChI=1S/C21H22F2N6O/c1-14(16-12-15(23)4-5-19(16)30-11-8-22)28(3)20-7-10-29-21(25-20)17(13-24-29)18-6-9-27(2)26-18/h4-7,9-10,12-14H,8,11H2,1-3H3. The highest BCUT2D eigenvalue weighted by molar-refractivity contribution is 5.75. The van der Waals surface area contributed by atoms with Gasteiger partial charge in [-0.2, -0.15) is 10.2 Å². The van der Waals surface area contributed by atoms with Crippen molar-refractivity contribution in [3.8, 4) is 17.0 Å². The fraction of sp³-hybridized carbons (Fsp3) is 0.286. The zero-order valence-corrected chi connectivity index (χ0v) is 17.0. The Morgan fingerprint density at radius 1 is 1.20 bits per heavy atom. The minimum absolute atomic E-state index is 0.0808. The Kier molecular flexibility index (Phi) is 5.35. The van der Waals surface area contributed by atoms with Crippen LogP contribution in [-0.4, -0.2) is 44.7 Å². The van der Waals surface area contributed by atoms with E-state index < -0.39 is 6.67 Å². The highest BCUT2D eigenvalue weighted by Gasteiger charge is 2.20. The van der Waals surface area contributed by atoms with E-state index in [9.17, 15) is 8.78 Å². The summed E-state index contributed by atoms with van der Waals surface area (Å²) in [6.45, 7) is 1.22. The van der Waals surface area contributed by atoms with Crippen LogP contribution in [0.25, 0.3) is 16.9 Å². The van der Waals surface area contributed by atoms with Crippen LogP contribution in [0.4, 0.5) is 14.6 Å². The Bertz CT molecular complexity index is 1170. The molecule has 0 saturated carbocycles. The monoisotopic (exact) mass is 412 g/mol. The van der Waals surface area contributed by atoms with Crippen LogP contribution in [0.5, 0.6) is 5.75 Å². The molecule has 156 valence electrons. The van der Waals surface area contributed by atoms with Gasteiger partial charge in [0.2, 0.25) is 0 Å². The molecule has 1 aromatic carbocycles. The first kappa shape index (κ1) is 19.8. The molecule has 1 unspecified atom stereocenters. The van der Waals surface area contributed by atoms with Gasteiger partial charge < -0.3 is 9.64 Å². The van der Waals surface area contributed by atoms with Crippen LogP contribution in [0.3, 0.4) is 0 Å². The average molecular weight is 412 g/mol. The molecule has 0 amide bonds. The zero-order chi connectivity index (χ0) is 21.3. The molecule has 3 heterocycles. The first-order chi connectivity index (χ1) is 14.5. The summed E-state index contributed by atoms with van der Waals surface area (Å²) in [5.41, 5.74) is 2.88. The Morgan fingerprint density at radius 2 is 2.03 bits per heavy atom. The van der Waals surface area contributed by atoms with Crippen molar-refractivity contribution in [2.24, 2.45) is 7.05 Å². The molecule has 0 aliphatic rings. The molecule has 1 atom stereocenters. The maximum atomic E-state index is 13.9. The maximum absolute atomic E-state index is 13.9. The number of ether oxygens (including phenoxy) is 1. The molecule has 0 spiro atoms. The van der Waals surface area contributed by atoms with E-state index in [2.05, 4.69) is 10.2 Å². The quantitative estimate of drug-likeness (QED) is 0.462. The van der Waals surface area contributed by atoms with Crippen LogP contribution in [-0.2, 0) is 7.05 Å². The van der Waals surface area contributed by atoms with Crippen molar-refractivity contribution in [2.45, 2.75) is 13.0 Å². The Balaban J connectivity index is 1.69. The van der Waals surface area contributed by atoms with E-state index in [1.54, 1.807) is 15.4 Å². The summed E-state index contributed by atoms with van der Waals surface area (Å²) in [6, 6.07) is 7.70. The van der Waals surface area contributed by atoms with Gasteiger partial charge in [-0.25, -0.2) is 18.3 Å². The first-order valence-electron chi connectivity index (χ1n) is 9.53. The van der Waals surface area contributed by atoms with Crippen molar-refractivity contribution in [3.05, 3.63) is 60.3 Å². The van der Waals surface area contributed by atoms with E-state index in [0.29, 0.717) is 22.8 Å². The van der Waals surface area contributed by atoms with Gasteiger partial charge in [-0.3, -0.25) is 4.68 Å². The summed E-state index contributed by atoms with van der Waals surface area (Å²) in [5.74, 6) is 0.746. The van der Waals surface area contributed by atoms with Crippen LogP contribution < -0.4 is 9.64 Å². The van der Waals surface area contributed by atoms with Crippen molar-refractivity contribution in [1.29, 1.82) is 0 Å². The van der Waals surface area contributed by atoms with Gasteiger partial charge in [-0.15, -0.1) is 0 Å². The average Bonchev–Trinajstić information content (AvgIpc) is 3.37. The lowest BCUT2D eigenvalue weighted by Gasteiger charge is -2.28. The van der Waals surface area contributed by atoms with E-state index in [4.69, 9.17) is 9.72 Å². The fourth-order valence-corrected chi connectivity index (χ4v) is 3.33. The molecule has 0 saturated heterocycles. The largest absolute Gasteiger partial charge is 0.490 e. The fourth-order valence-electron chi connectivity index (χ4n) is 3.33. The Hall–Kier alpha value is -3.49. The molecule has 3 aromatic heterocycles. The topological polar surface area (TPSA) is 60.5 Å². The maximum Gasteiger partial charge on any atom is 0.166 e. The summed E-state index contributed by atoms with van der Waals surface area (Å²) < 4.78 is 35.4. The normalized spacial score (nSPS) is 12.3. The third kappa shape index (κ3) is 3.70. The molecule has 0 radical (unpaired) electrons. The Labute approximate surface area is 172 Å². The highest BCUT2D eigenvalue weighted by atomic mass is 19.1.